The number of fused-ring (bicyclic) bond motifs is 2. The van der Waals surface area contributed by atoms with Crippen molar-refractivity contribution in [2.24, 2.45) is 11.8 Å². The number of piperidine rings is 1. The number of hydrogen-bond donors (Lipinski definition) is 1. The normalized spacial score (nSPS) is 23.8. The summed E-state index contributed by atoms with van der Waals surface area (Å²) in [6.45, 7) is 10.3. The number of aliphatic hydroxyl groups excluding tert-OH is 1. The highest BCUT2D eigenvalue weighted by Crippen LogP contribution is 2.48. The second kappa shape index (κ2) is 7.90. The van der Waals surface area contributed by atoms with E-state index in [4.69, 9.17) is 13.9 Å². The molecule has 2 heterocycles. The smallest absolute Gasteiger partial charge is 0.410 e. The van der Waals surface area contributed by atoms with Gasteiger partial charge in [0.05, 0.1) is 12.7 Å². The molecule has 1 N–H and O–H groups in total. The van der Waals surface area contributed by atoms with Crippen molar-refractivity contribution in [2.75, 3.05) is 13.7 Å². The minimum absolute atomic E-state index is 0.0300. The Bertz CT molecular complexity index is 973. The molecule has 6 nitrogen and oxygen atoms in total. The number of methoxy groups -OCH3 is 1. The maximum Gasteiger partial charge on any atom is 0.410 e. The molecule has 1 aliphatic carbocycles. The quantitative estimate of drug-likeness (QED) is 0.721. The van der Waals surface area contributed by atoms with Gasteiger partial charge in [0.2, 0.25) is 0 Å². The van der Waals surface area contributed by atoms with Gasteiger partial charge in [-0.2, -0.15) is 0 Å². The van der Waals surface area contributed by atoms with Gasteiger partial charge in [0.25, 0.3) is 0 Å². The van der Waals surface area contributed by atoms with Crippen LogP contribution < -0.4 is 4.74 Å². The number of amides is 1. The summed E-state index contributed by atoms with van der Waals surface area (Å²) < 4.78 is 17.3. The first-order valence-electron chi connectivity index (χ1n) is 11.0. The Morgan fingerprint density at radius 1 is 1.23 bits per heavy atom. The van der Waals surface area contributed by atoms with Gasteiger partial charge in [-0.15, -0.1) is 0 Å². The molecule has 4 unspecified atom stereocenters. The summed E-state index contributed by atoms with van der Waals surface area (Å²) in [6.07, 6.45) is 0.717. The standard InChI is InChI=1S/C25H33NO5/c1-14-7-8-17(20(9-14)29-6)23-15(2)10-21(30-23)22(27)18-11-16-12-19(18)26(13-16)24(28)31-25(3,4)5/h7-10,16,18-19,22,27H,11-13H2,1-6H3. The van der Waals surface area contributed by atoms with Crippen molar-refractivity contribution in [3.05, 3.63) is 41.2 Å². The molecule has 4 atom stereocenters. The summed E-state index contributed by atoms with van der Waals surface area (Å²) in [6, 6.07) is 7.85. The van der Waals surface area contributed by atoms with Crippen LogP contribution in [0.4, 0.5) is 4.79 Å². The second-order valence-corrected chi connectivity index (χ2v) is 10.0. The van der Waals surface area contributed by atoms with Gasteiger partial charge in [-0.1, -0.05) is 6.07 Å². The van der Waals surface area contributed by atoms with Crippen molar-refractivity contribution in [3.8, 4) is 17.1 Å². The molecule has 2 aromatic rings. The lowest BCUT2D eigenvalue weighted by atomic mass is 9.91. The number of carbonyl (C=O) groups is 1. The van der Waals surface area contributed by atoms with Gasteiger partial charge in [-0.25, -0.2) is 4.79 Å². The molecule has 4 rings (SSSR count). The Morgan fingerprint density at radius 3 is 2.61 bits per heavy atom. The van der Waals surface area contributed by atoms with Crippen molar-refractivity contribution in [3.63, 3.8) is 0 Å². The molecule has 1 aromatic heterocycles. The van der Waals surface area contributed by atoms with Gasteiger partial charge in [0, 0.05) is 18.5 Å². The molecule has 6 heteroatoms. The molecular formula is C25H33NO5. The number of carbonyl (C=O) groups excluding carboxylic acids is 1. The van der Waals surface area contributed by atoms with Gasteiger partial charge < -0.3 is 23.9 Å². The summed E-state index contributed by atoms with van der Waals surface area (Å²) in [5, 5.41) is 11.2. The van der Waals surface area contributed by atoms with Gasteiger partial charge >= 0.3 is 6.09 Å². The van der Waals surface area contributed by atoms with Crippen molar-refractivity contribution in [1.29, 1.82) is 0 Å². The van der Waals surface area contributed by atoms with Crippen LogP contribution in [0.3, 0.4) is 0 Å². The van der Waals surface area contributed by atoms with E-state index in [2.05, 4.69) is 0 Å². The maximum atomic E-state index is 12.7. The van der Waals surface area contributed by atoms with E-state index in [0.717, 1.165) is 35.3 Å². The number of hydrogen-bond acceptors (Lipinski definition) is 5. The van der Waals surface area contributed by atoms with Crippen molar-refractivity contribution < 1.29 is 23.8 Å². The van der Waals surface area contributed by atoms with Crippen LogP contribution in [-0.2, 0) is 4.74 Å². The van der Waals surface area contributed by atoms with Crippen molar-refractivity contribution >= 4 is 6.09 Å². The Labute approximate surface area is 184 Å². The highest BCUT2D eigenvalue weighted by atomic mass is 16.6. The molecule has 1 saturated carbocycles. The lowest BCUT2D eigenvalue weighted by Gasteiger charge is -2.36. The Kier molecular flexibility index (Phi) is 5.54. The van der Waals surface area contributed by atoms with E-state index < -0.39 is 11.7 Å². The van der Waals surface area contributed by atoms with Crippen molar-refractivity contribution in [2.45, 2.75) is 65.2 Å². The lowest BCUT2D eigenvalue weighted by molar-refractivity contribution is -0.00718. The highest BCUT2D eigenvalue weighted by molar-refractivity contribution is 5.70. The predicted octanol–water partition coefficient (Wildman–Crippen LogP) is 5.25. The largest absolute Gasteiger partial charge is 0.496 e. The van der Waals surface area contributed by atoms with E-state index in [1.54, 1.807) is 12.0 Å². The number of likely N-dealkylation sites (tertiary alicyclic amines) is 1. The zero-order valence-electron chi connectivity index (χ0n) is 19.3. The summed E-state index contributed by atoms with van der Waals surface area (Å²) in [5.41, 5.74) is 2.39. The molecule has 0 spiro atoms. The molecule has 1 saturated heterocycles. The molecule has 1 aromatic carbocycles. The number of ether oxygens (including phenoxy) is 2. The van der Waals surface area contributed by atoms with Gasteiger partial charge in [-0.05, 0) is 82.7 Å². The van der Waals surface area contributed by atoms with Crippen molar-refractivity contribution in [1.82, 2.24) is 4.90 Å². The van der Waals surface area contributed by atoms with E-state index >= 15 is 0 Å². The van der Waals surface area contributed by atoms with Crippen LogP contribution >= 0.6 is 0 Å². The molecule has 168 valence electrons. The third kappa shape index (κ3) is 4.18. The molecule has 1 aliphatic heterocycles. The van der Waals surface area contributed by atoms with Gasteiger partial charge in [0.15, 0.2) is 0 Å². The number of benzene rings is 1. The fourth-order valence-corrected chi connectivity index (χ4v) is 5.06. The van der Waals surface area contributed by atoms with E-state index in [1.165, 1.54) is 0 Å². The SMILES string of the molecule is COc1cc(C)ccc1-c1oc(C(O)C2CC3CC2N(C(=O)OC(C)(C)C)C3)cc1C. The zero-order valence-corrected chi connectivity index (χ0v) is 19.3. The third-order valence-corrected chi connectivity index (χ3v) is 6.39. The third-order valence-electron chi connectivity index (χ3n) is 6.39. The Balaban J connectivity index is 1.56. The zero-order chi connectivity index (χ0) is 22.5. The fraction of sp³-hybridized carbons (Fsp3) is 0.560. The maximum absolute atomic E-state index is 12.7. The number of furan rings is 1. The van der Waals surface area contributed by atoms with Crippen LogP contribution in [0.5, 0.6) is 5.75 Å². The summed E-state index contributed by atoms with van der Waals surface area (Å²) in [5.74, 6) is 2.32. The van der Waals surface area contributed by atoms with Crippen LogP contribution in [0.15, 0.2) is 28.7 Å². The van der Waals surface area contributed by atoms with E-state index in [-0.39, 0.29) is 18.1 Å². The number of aryl methyl sites for hydroxylation is 2. The van der Waals surface area contributed by atoms with Gasteiger partial charge in [0.1, 0.15) is 29.0 Å². The Morgan fingerprint density at radius 2 is 1.97 bits per heavy atom. The number of rotatable bonds is 4. The average Bonchev–Trinajstić information content (AvgIpc) is 3.40. The summed E-state index contributed by atoms with van der Waals surface area (Å²) >= 11 is 0. The van der Waals surface area contributed by atoms with E-state index in [1.807, 2.05) is 58.9 Å². The van der Waals surface area contributed by atoms with E-state index in [9.17, 15) is 9.90 Å². The topological polar surface area (TPSA) is 72.1 Å². The first-order chi connectivity index (χ1) is 14.6. The summed E-state index contributed by atoms with van der Waals surface area (Å²) in [4.78, 5) is 14.5. The van der Waals surface area contributed by atoms with Gasteiger partial charge in [-0.3, -0.25) is 0 Å². The summed E-state index contributed by atoms with van der Waals surface area (Å²) in [7, 11) is 1.65. The highest BCUT2D eigenvalue weighted by Gasteiger charge is 2.51. The first-order valence-corrected chi connectivity index (χ1v) is 11.0. The molecule has 2 bridgehead atoms. The number of aliphatic hydroxyl groups is 1. The van der Waals surface area contributed by atoms with Crippen LogP contribution in [0.25, 0.3) is 11.3 Å². The average molecular weight is 428 g/mol. The van der Waals surface area contributed by atoms with Crippen LogP contribution in [0, 0.1) is 25.7 Å². The van der Waals surface area contributed by atoms with Crippen LogP contribution in [0.2, 0.25) is 0 Å². The van der Waals surface area contributed by atoms with Crippen LogP contribution in [-0.4, -0.2) is 41.4 Å². The Hall–Kier alpha value is -2.47. The second-order valence-electron chi connectivity index (χ2n) is 10.0. The minimum Gasteiger partial charge on any atom is -0.496 e. The molecular weight excluding hydrogens is 394 g/mol. The molecule has 0 radical (unpaired) electrons. The molecule has 2 fully saturated rings. The molecule has 31 heavy (non-hydrogen) atoms. The number of nitrogens with zero attached hydrogens (tertiary/aromatic N) is 1. The minimum atomic E-state index is -0.774. The monoisotopic (exact) mass is 427 g/mol. The first kappa shape index (κ1) is 21.8. The molecule has 2 aliphatic rings. The fourth-order valence-electron chi connectivity index (χ4n) is 5.06. The van der Waals surface area contributed by atoms with E-state index in [0.29, 0.717) is 24.0 Å². The predicted molar refractivity (Wildman–Crippen MR) is 118 cm³/mol. The molecule has 1 amide bonds. The lowest BCUT2D eigenvalue weighted by Crippen LogP contribution is -2.46. The van der Waals surface area contributed by atoms with Crippen LogP contribution in [0.1, 0.15) is 56.6 Å².